The Bertz CT molecular complexity index is 651. The van der Waals surface area contributed by atoms with E-state index in [-0.39, 0.29) is 5.56 Å². The van der Waals surface area contributed by atoms with Gasteiger partial charge >= 0.3 is 0 Å². The molecule has 5 heteroatoms. The van der Waals surface area contributed by atoms with Crippen LogP contribution in [0.15, 0.2) is 34.7 Å². The van der Waals surface area contributed by atoms with Gasteiger partial charge in [0.2, 0.25) is 0 Å². The molecule has 0 aromatic carbocycles. The van der Waals surface area contributed by atoms with Gasteiger partial charge in [-0.3, -0.25) is 4.79 Å². The molecule has 0 aliphatic rings. The number of hydrogen-bond donors (Lipinski definition) is 1. The normalized spacial score (nSPS) is 10.9. The number of rotatable bonds is 1. The van der Waals surface area contributed by atoms with Crippen LogP contribution in [0.1, 0.15) is 0 Å². The van der Waals surface area contributed by atoms with Gasteiger partial charge in [-0.1, -0.05) is 6.07 Å². The van der Waals surface area contributed by atoms with Gasteiger partial charge in [0, 0.05) is 9.75 Å². The molecule has 1 N–H and O–H groups in total. The second-order valence-corrected chi connectivity index (χ2v) is 5.03. The minimum atomic E-state index is -0.0622. The van der Waals surface area contributed by atoms with Crippen LogP contribution in [0.3, 0.4) is 0 Å². The van der Waals surface area contributed by atoms with Gasteiger partial charge in [-0.05, 0) is 17.5 Å². The van der Waals surface area contributed by atoms with Crippen LogP contribution < -0.4 is 5.56 Å². The molecule has 0 fully saturated rings. The van der Waals surface area contributed by atoms with Crippen LogP contribution in [0.25, 0.3) is 20.0 Å². The molecule has 3 nitrogen and oxygen atoms in total. The lowest BCUT2D eigenvalue weighted by Crippen LogP contribution is -2.02. The molecule has 15 heavy (non-hydrogen) atoms. The summed E-state index contributed by atoms with van der Waals surface area (Å²) >= 11 is 3.15. The van der Waals surface area contributed by atoms with E-state index < -0.39 is 0 Å². The van der Waals surface area contributed by atoms with E-state index >= 15 is 0 Å². The highest BCUT2D eigenvalue weighted by molar-refractivity contribution is 7.25. The first kappa shape index (κ1) is 8.82. The lowest BCUT2D eigenvalue weighted by molar-refractivity contribution is 1.18. The van der Waals surface area contributed by atoms with Gasteiger partial charge in [0.05, 0.1) is 11.8 Å². The van der Waals surface area contributed by atoms with Crippen molar-refractivity contribution in [3.05, 3.63) is 40.3 Å². The largest absolute Gasteiger partial charge is 0.312 e. The highest BCUT2D eigenvalue weighted by Crippen LogP contribution is 2.33. The van der Waals surface area contributed by atoms with Crippen molar-refractivity contribution < 1.29 is 0 Å². The SMILES string of the molecule is O=c1[nH]cnc2cc(-c3cccs3)sc12. The molecule has 0 saturated heterocycles. The Morgan fingerprint density at radius 3 is 3.00 bits per heavy atom. The Hall–Kier alpha value is -1.46. The Morgan fingerprint density at radius 1 is 1.33 bits per heavy atom. The van der Waals surface area contributed by atoms with Crippen molar-refractivity contribution in [3.63, 3.8) is 0 Å². The zero-order valence-electron chi connectivity index (χ0n) is 7.56. The number of aromatic nitrogens is 2. The van der Waals surface area contributed by atoms with E-state index in [0.717, 1.165) is 10.4 Å². The summed E-state index contributed by atoms with van der Waals surface area (Å²) in [6.07, 6.45) is 1.44. The quantitative estimate of drug-likeness (QED) is 0.703. The summed E-state index contributed by atoms with van der Waals surface area (Å²) in [6, 6.07) is 6.01. The average molecular weight is 234 g/mol. The van der Waals surface area contributed by atoms with E-state index in [1.54, 1.807) is 11.3 Å². The van der Waals surface area contributed by atoms with E-state index in [1.807, 2.05) is 23.6 Å². The maximum absolute atomic E-state index is 11.5. The van der Waals surface area contributed by atoms with Gasteiger partial charge in [0.1, 0.15) is 4.70 Å². The fourth-order valence-electron chi connectivity index (χ4n) is 1.41. The predicted molar refractivity (Wildman–Crippen MR) is 63.6 cm³/mol. The summed E-state index contributed by atoms with van der Waals surface area (Å²) in [5.41, 5.74) is 0.708. The van der Waals surface area contributed by atoms with Crippen LogP contribution >= 0.6 is 22.7 Å². The highest BCUT2D eigenvalue weighted by atomic mass is 32.1. The maximum atomic E-state index is 11.5. The second-order valence-electron chi connectivity index (χ2n) is 3.03. The molecule has 0 amide bonds. The number of hydrogen-bond acceptors (Lipinski definition) is 4. The van der Waals surface area contributed by atoms with Crippen molar-refractivity contribution >= 4 is 32.9 Å². The predicted octanol–water partition coefficient (Wildman–Crippen LogP) is 2.71. The number of nitrogens with one attached hydrogen (secondary N) is 1. The van der Waals surface area contributed by atoms with Crippen LogP contribution in [0.5, 0.6) is 0 Å². The van der Waals surface area contributed by atoms with Crippen molar-refractivity contribution in [2.45, 2.75) is 0 Å². The van der Waals surface area contributed by atoms with Crippen molar-refractivity contribution in [2.75, 3.05) is 0 Å². The van der Waals surface area contributed by atoms with E-state index in [4.69, 9.17) is 0 Å². The van der Waals surface area contributed by atoms with E-state index in [9.17, 15) is 4.79 Å². The van der Waals surface area contributed by atoms with Gasteiger partial charge < -0.3 is 4.98 Å². The van der Waals surface area contributed by atoms with Crippen molar-refractivity contribution in [3.8, 4) is 9.75 Å². The molecule has 0 unspecified atom stereocenters. The number of aromatic amines is 1. The Balaban J connectivity index is 2.32. The van der Waals surface area contributed by atoms with Crippen molar-refractivity contribution in [2.24, 2.45) is 0 Å². The van der Waals surface area contributed by atoms with Gasteiger partial charge in [0.25, 0.3) is 5.56 Å². The summed E-state index contributed by atoms with van der Waals surface area (Å²) in [7, 11) is 0. The summed E-state index contributed by atoms with van der Waals surface area (Å²) in [5.74, 6) is 0. The number of thiophene rings is 2. The zero-order valence-corrected chi connectivity index (χ0v) is 9.19. The first-order valence-electron chi connectivity index (χ1n) is 4.36. The first-order valence-corrected chi connectivity index (χ1v) is 6.05. The van der Waals surface area contributed by atoms with Gasteiger partial charge in [0.15, 0.2) is 0 Å². The lowest BCUT2D eigenvalue weighted by atomic mass is 10.3. The molecule has 3 heterocycles. The molecule has 0 atom stereocenters. The Morgan fingerprint density at radius 2 is 2.27 bits per heavy atom. The number of fused-ring (bicyclic) bond motifs is 1. The Kier molecular flexibility index (Phi) is 1.93. The number of H-pyrrole nitrogens is 1. The van der Waals surface area contributed by atoms with Gasteiger partial charge in [-0.2, -0.15) is 0 Å². The third-order valence-electron chi connectivity index (χ3n) is 2.08. The van der Waals surface area contributed by atoms with E-state index in [1.165, 1.54) is 22.5 Å². The van der Waals surface area contributed by atoms with Crippen LogP contribution in [-0.4, -0.2) is 9.97 Å². The monoisotopic (exact) mass is 234 g/mol. The summed E-state index contributed by atoms with van der Waals surface area (Å²) in [4.78, 5) is 20.5. The molecule has 0 saturated carbocycles. The maximum Gasteiger partial charge on any atom is 0.268 e. The number of nitrogens with zero attached hydrogens (tertiary/aromatic N) is 1. The molecular weight excluding hydrogens is 228 g/mol. The lowest BCUT2D eigenvalue weighted by Gasteiger charge is -1.85. The van der Waals surface area contributed by atoms with E-state index in [0.29, 0.717) is 4.70 Å². The molecule has 0 aliphatic carbocycles. The summed E-state index contributed by atoms with van der Waals surface area (Å²) in [5, 5.41) is 2.03. The minimum Gasteiger partial charge on any atom is -0.312 e. The smallest absolute Gasteiger partial charge is 0.268 e. The average Bonchev–Trinajstić information content (AvgIpc) is 2.86. The zero-order chi connectivity index (χ0) is 10.3. The molecule has 0 bridgehead atoms. The van der Waals surface area contributed by atoms with Crippen molar-refractivity contribution in [1.29, 1.82) is 0 Å². The molecule has 3 aromatic heterocycles. The third kappa shape index (κ3) is 1.40. The molecule has 74 valence electrons. The fourth-order valence-corrected chi connectivity index (χ4v) is 3.24. The second kappa shape index (κ2) is 3.29. The topological polar surface area (TPSA) is 45.8 Å². The minimum absolute atomic E-state index is 0.0622. The molecule has 0 aliphatic heterocycles. The van der Waals surface area contributed by atoms with Crippen LogP contribution in [-0.2, 0) is 0 Å². The molecule has 0 radical (unpaired) electrons. The highest BCUT2D eigenvalue weighted by Gasteiger charge is 2.07. The third-order valence-corrected chi connectivity index (χ3v) is 4.27. The molecule has 0 spiro atoms. The summed E-state index contributed by atoms with van der Waals surface area (Å²) < 4.78 is 0.695. The van der Waals surface area contributed by atoms with Crippen LogP contribution in [0, 0.1) is 0 Å². The van der Waals surface area contributed by atoms with Gasteiger partial charge in [-0.15, -0.1) is 22.7 Å². The van der Waals surface area contributed by atoms with Crippen molar-refractivity contribution in [1.82, 2.24) is 9.97 Å². The standard InChI is InChI=1S/C10H6N2OS2/c13-10-9-6(11-5-12-10)4-8(15-9)7-2-1-3-14-7/h1-5H,(H,11,12,13). The van der Waals surface area contributed by atoms with Crippen LogP contribution in [0.2, 0.25) is 0 Å². The first-order chi connectivity index (χ1) is 7.34. The van der Waals surface area contributed by atoms with Gasteiger partial charge in [-0.25, -0.2) is 4.98 Å². The molecule has 3 rings (SSSR count). The van der Waals surface area contributed by atoms with Crippen LogP contribution in [0.4, 0.5) is 0 Å². The Labute approximate surface area is 93.1 Å². The fraction of sp³-hybridized carbons (Fsp3) is 0. The van der Waals surface area contributed by atoms with E-state index in [2.05, 4.69) is 9.97 Å². The molecular formula is C10H6N2OS2. The summed E-state index contributed by atoms with van der Waals surface area (Å²) in [6.45, 7) is 0. The molecule has 3 aromatic rings.